The van der Waals surface area contributed by atoms with Crippen LogP contribution in [0.2, 0.25) is 0 Å². The average Bonchev–Trinajstić information content (AvgIpc) is 2.07. The fourth-order valence-corrected chi connectivity index (χ4v) is 0.870. The third kappa shape index (κ3) is 2.24. The standard InChI is InChI=1S/C9H12NO/c1-2-11-9-5-3-8(7-10)4-6-9/h3-6,10H,2,7H2,1H3. The highest BCUT2D eigenvalue weighted by atomic mass is 16.5. The van der Waals surface area contributed by atoms with E-state index in [4.69, 9.17) is 10.5 Å². The minimum absolute atomic E-state index is 0.340. The second-order valence-electron chi connectivity index (χ2n) is 2.25. The molecular formula is C9H12NO. The van der Waals surface area contributed by atoms with E-state index < -0.39 is 0 Å². The number of benzene rings is 1. The van der Waals surface area contributed by atoms with Crippen molar-refractivity contribution < 1.29 is 4.74 Å². The van der Waals surface area contributed by atoms with Gasteiger partial charge >= 0.3 is 0 Å². The van der Waals surface area contributed by atoms with Gasteiger partial charge in [-0.15, -0.1) is 0 Å². The van der Waals surface area contributed by atoms with Gasteiger partial charge in [0.2, 0.25) is 0 Å². The first-order valence-electron chi connectivity index (χ1n) is 3.73. The van der Waals surface area contributed by atoms with Crippen molar-refractivity contribution in [2.75, 3.05) is 6.61 Å². The van der Waals surface area contributed by atoms with Gasteiger partial charge in [0.1, 0.15) is 5.75 Å². The predicted molar refractivity (Wildman–Crippen MR) is 44.4 cm³/mol. The summed E-state index contributed by atoms with van der Waals surface area (Å²) in [5.74, 6) is 0.879. The third-order valence-electron chi connectivity index (χ3n) is 1.44. The van der Waals surface area contributed by atoms with Gasteiger partial charge in [-0.25, -0.2) is 0 Å². The molecule has 59 valence electrons. The van der Waals surface area contributed by atoms with Crippen LogP contribution in [-0.4, -0.2) is 6.61 Å². The second kappa shape index (κ2) is 3.98. The fourth-order valence-electron chi connectivity index (χ4n) is 0.870. The summed E-state index contributed by atoms with van der Waals surface area (Å²) in [6.45, 7) is 2.99. The van der Waals surface area contributed by atoms with E-state index in [9.17, 15) is 0 Å². The van der Waals surface area contributed by atoms with Crippen molar-refractivity contribution in [1.29, 1.82) is 0 Å². The zero-order valence-corrected chi connectivity index (χ0v) is 6.63. The molecule has 0 bridgehead atoms. The van der Waals surface area contributed by atoms with Crippen LogP contribution in [0.5, 0.6) is 5.75 Å². The Labute approximate surface area is 67.0 Å². The van der Waals surface area contributed by atoms with Crippen LogP contribution in [0, 0.1) is 0 Å². The molecule has 0 fully saturated rings. The molecule has 1 radical (unpaired) electrons. The number of rotatable bonds is 3. The molecular weight excluding hydrogens is 138 g/mol. The summed E-state index contributed by atoms with van der Waals surface area (Å²) in [5, 5.41) is 0. The minimum Gasteiger partial charge on any atom is -0.494 e. The zero-order valence-electron chi connectivity index (χ0n) is 6.63. The summed E-state index contributed by atoms with van der Waals surface area (Å²) in [4.78, 5) is 0. The van der Waals surface area contributed by atoms with Crippen molar-refractivity contribution in [2.24, 2.45) is 0 Å². The molecule has 0 saturated carbocycles. The lowest BCUT2D eigenvalue weighted by atomic mass is 10.2. The van der Waals surface area contributed by atoms with Gasteiger partial charge < -0.3 is 4.74 Å². The molecule has 0 saturated heterocycles. The number of hydrogen-bond donors (Lipinski definition) is 0. The van der Waals surface area contributed by atoms with E-state index >= 15 is 0 Å². The number of ether oxygens (including phenoxy) is 1. The lowest BCUT2D eigenvalue weighted by Gasteiger charge is -2.02. The van der Waals surface area contributed by atoms with Gasteiger partial charge in [0, 0.05) is 6.54 Å². The van der Waals surface area contributed by atoms with E-state index in [2.05, 4.69) is 0 Å². The summed E-state index contributed by atoms with van der Waals surface area (Å²) >= 11 is 0. The monoisotopic (exact) mass is 150 g/mol. The molecule has 1 N–H and O–H groups in total. The highest BCUT2D eigenvalue weighted by Crippen LogP contribution is 2.11. The Kier molecular flexibility index (Phi) is 2.93. The van der Waals surface area contributed by atoms with E-state index in [-0.39, 0.29) is 0 Å². The van der Waals surface area contributed by atoms with E-state index in [1.54, 1.807) is 0 Å². The molecule has 0 aliphatic heterocycles. The van der Waals surface area contributed by atoms with Crippen molar-refractivity contribution in [3.8, 4) is 5.75 Å². The molecule has 1 rings (SSSR count). The number of nitrogens with one attached hydrogen (secondary N) is 1. The Morgan fingerprint density at radius 1 is 1.27 bits per heavy atom. The molecule has 0 spiro atoms. The first-order chi connectivity index (χ1) is 5.36. The second-order valence-corrected chi connectivity index (χ2v) is 2.25. The maximum absolute atomic E-state index is 7.08. The van der Waals surface area contributed by atoms with Gasteiger partial charge in [0.25, 0.3) is 0 Å². The maximum Gasteiger partial charge on any atom is 0.119 e. The summed E-state index contributed by atoms with van der Waals surface area (Å²) in [6, 6.07) is 7.62. The Morgan fingerprint density at radius 2 is 1.91 bits per heavy atom. The molecule has 2 nitrogen and oxygen atoms in total. The quantitative estimate of drug-likeness (QED) is 0.647. The SMILES string of the molecule is CCOc1ccc(C[NH])cc1. The Bertz CT molecular complexity index is 205. The van der Waals surface area contributed by atoms with Crippen molar-refractivity contribution in [3.63, 3.8) is 0 Å². The van der Waals surface area contributed by atoms with E-state index in [0.717, 1.165) is 11.3 Å². The zero-order chi connectivity index (χ0) is 8.10. The molecule has 0 amide bonds. The Hall–Kier alpha value is -1.02. The highest BCUT2D eigenvalue weighted by molar-refractivity contribution is 5.26. The van der Waals surface area contributed by atoms with Crippen LogP contribution in [0.3, 0.4) is 0 Å². The minimum atomic E-state index is 0.340. The highest BCUT2D eigenvalue weighted by Gasteiger charge is 1.91. The summed E-state index contributed by atoms with van der Waals surface area (Å²) in [5.41, 5.74) is 8.10. The first-order valence-corrected chi connectivity index (χ1v) is 3.73. The third-order valence-corrected chi connectivity index (χ3v) is 1.44. The molecule has 2 heteroatoms. The van der Waals surface area contributed by atoms with Gasteiger partial charge in [0.05, 0.1) is 6.61 Å². The summed E-state index contributed by atoms with van der Waals surface area (Å²) in [7, 11) is 0. The molecule has 0 heterocycles. The van der Waals surface area contributed by atoms with Gasteiger partial charge in [-0.2, -0.15) is 0 Å². The maximum atomic E-state index is 7.08. The first kappa shape index (κ1) is 8.08. The molecule has 1 aromatic rings. The Balaban J connectivity index is 2.66. The molecule has 0 atom stereocenters. The average molecular weight is 150 g/mol. The van der Waals surface area contributed by atoms with Crippen LogP contribution in [0.25, 0.3) is 0 Å². The van der Waals surface area contributed by atoms with Crippen LogP contribution in [0.15, 0.2) is 24.3 Å². The molecule has 11 heavy (non-hydrogen) atoms. The van der Waals surface area contributed by atoms with Crippen LogP contribution in [0.1, 0.15) is 12.5 Å². The molecule has 0 unspecified atom stereocenters. The van der Waals surface area contributed by atoms with Gasteiger partial charge in [0.15, 0.2) is 0 Å². The van der Waals surface area contributed by atoms with Crippen LogP contribution >= 0.6 is 0 Å². The smallest absolute Gasteiger partial charge is 0.119 e. The van der Waals surface area contributed by atoms with Crippen molar-refractivity contribution in [3.05, 3.63) is 29.8 Å². The van der Waals surface area contributed by atoms with Crippen LogP contribution < -0.4 is 10.5 Å². The number of hydrogen-bond acceptors (Lipinski definition) is 1. The lowest BCUT2D eigenvalue weighted by molar-refractivity contribution is 0.340. The molecule has 1 aromatic carbocycles. The largest absolute Gasteiger partial charge is 0.494 e. The van der Waals surface area contributed by atoms with Gasteiger partial charge in [-0.3, -0.25) is 5.73 Å². The Morgan fingerprint density at radius 3 is 2.36 bits per heavy atom. The predicted octanol–water partition coefficient (Wildman–Crippen LogP) is 1.87. The fraction of sp³-hybridized carbons (Fsp3) is 0.333. The van der Waals surface area contributed by atoms with Crippen molar-refractivity contribution in [2.45, 2.75) is 13.5 Å². The van der Waals surface area contributed by atoms with E-state index in [0.29, 0.717) is 13.2 Å². The normalized spacial score (nSPS) is 9.64. The summed E-state index contributed by atoms with van der Waals surface area (Å²) in [6.07, 6.45) is 0. The topological polar surface area (TPSA) is 33.0 Å². The van der Waals surface area contributed by atoms with Gasteiger partial charge in [-0.1, -0.05) is 12.1 Å². The van der Waals surface area contributed by atoms with Crippen molar-refractivity contribution in [1.82, 2.24) is 5.73 Å². The molecule has 0 aromatic heterocycles. The molecule has 0 aliphatic carbocycles. The van der Waals surface area contributed by atoms with Crippen LogP contribution in [0.4, 0.5) is 0 Å². The van der Waals surface area contributed by atoms with E-state index in [1.165, 1.54) is 0 Å². The van der Waals surface area contributed by atoms with Gasteiger partial charge in [-0.05, 0) is 24.6 Å². The van der Waals surface area contributed by atoms with Crippen molar-refractivity contribution >= 4 is 0 Å². The lowest BCUT2D eigenvalue weighted by Crippen LogP contribution is -1.91. The molecule has 0 aliphatic rings. The van der Waals surface area contributed by atoms with Crippen LogP contribution in [-0.2, 0) is 6.54 Å². The summed E-state index contributed by atoms with van der Waals surface area (Å²) < 4.78 is 5.24. The van der Waals surface area contributed by atoms with E-state index in [1.807, 2.05) is 31.2 Å².